The van der Waals surface area contributed by atoms with Gasteiger partial charge in [0.25, 0.3) is 0 Å². The van der Waals surface area contributed by atoms with E-state index in [2.05, 4.69) is 9.98 Å². The number of fused-ring (bicyclic) bond motifs is 1. The van der Waals surface area contributed by atoms with E-state index in [4.69, 9.17) is 18.6 Å². The zero-order valence-corrected chi connectivity index (χ0v) is 21.9. The van der Waals surface area contributed by atoms with Gasteiger partial charge in [-0.3, -0.25) is 4.57 Å². The van der Waals surface area contributed by atoms with E-state index in [-0.39, 0.29) is 31.6 Å². The third kappa shape index (κ3) is 5.03. The number of aliphatic hydroxyl groups excluding tert-OH is 1. The van der Waals surface area contributed by atoms with Crippen molar-refractivity contribution >= 4 is 22.9 Å². The maximum absolute atomic E-state index is 15.6. The minimum Gasteiger partial charge on any atom is -0.483 e. The van der Waals surface area contributed by atoms with Crippen molar-refractivity contribution in [1.29, 1.82) is 0 Å². The maximum atomic E-state index is 15.6. The van der Waals surface area contributed by atoms with Crippen LogP contribution in [0, 0.1) is 11.7 Å². The maximum Gasteiger partial charge on any atom is 0.419 e. The second-order valence-electron chi connectivity index (χ2n) is 9.35. The molecule has 2 aromatic carbocycles. The molecule has 2 heterocycles. The Morgan fingerprint density at radius 1 is 1.03 bits per heavy atom. The Hall–Kier alpha value is -3.50. The van der Waals surface area contributed by atoms with Crippen LogP contribution in [0.1, 0.15) is 30.5 Å². The molecule has 2 atom stereocenters. The smallest absolute Gasteiger partial charge is 0.419 e. The summed E-state index contributed by atoms with van der Waals surface area (Å²) in [5.74, 6) is 0.0950. The highest BCUT2D eigenvalue weighted by Crippen LogP contribution is 2.34. The van der Waals surface area contributed by atoms with Gasteiger partial charge in [0.2, 0.25) is 11.8 Å². The van der Waals surface area contributed by atoms with Gasteiger partial charge in [-0.1, -0.05) is 13.8 Å². The number of oxazole rings is 1. The molecule has 0 saturated heterocycles. The molecule has 1 aromatic heterocycles. The van der Waals surface area contributed by atoms with Gasteiger partial charge in [-0.05, 0) is 58.0 Å². The third-order valence-electron chi connectivity index (χ3n) is 6.60. The zero-order chi connectivity index (χ0) is 26.9. The van der Waals surface area contributed by atoms with E-state index in [0.29, 0.717) is 50.7 Å². The van der Waals surface area contributed by atoms with Crippen LogP contribution in [0.25, 0.3) is 22.2 Å². The summed E-state index contributed by atoms with van der Waals surface area (Å²) in [5.41, 5.74) is 3.64. The summed E-state index contributed by atoms with van der Waals surface area (Å²) in [5, 5.41) is 10.0. The van der Waals surface area contributed by atoms with Crippen LogP contribution < -0.4 is 5.76 Å². The van der Waals surface area contributed by atoms with Crippen LogP contribution in [0.2, 0.25) is 0 Å². The number of hydrogen-bond acceptors (Lipinski definition) is 8. The number of aliphatic hydroxyl groups is 1. The average molecular weight is 514 g/mol. The summed E-state index contributed by atoms with van der Waals surface area (Å²) in [4.78, 5) is 21.4. The molecule has 37 heavy (non-hydrogen) atoms. The van der Waals surface area contributed by atoms with Crippen LogP contribution in [-0.2, 0) is 40.9 Å². The molecular formula is C27H32FN3O6. The first-order valence-electron chi connectivity index (χ1n) is 12.0. The van der Waals surface area contributed by atoms with Gasteiger partial charge in [-0.15, -0.1) is 0 Å². The van der Waals surface area contributed by atoms with E-state index in [1.54, 1.807) is 39.5 Å². The fraction of sp³-hybridized carbons (Fsp3) is 0.444. The fourth-order valence-electron chi connectivity index (χ4n) is 4.65. The molecule has 0 spiro atoms. The first-order valence-corrected chi connectivity index (χ1v) is 12.0. The van der Waals surface area contributed by atoms with E-state index in [9.17, 15) is 9.90 Å². The molecule has 0 amide bonds. The molecule has 1 aliphatic heterocycles. The van der Waals surface area contributed by atoms with E-state index in [0.717, 1.165) is 0 Å². The Bertz CT molecular complexity index is 1420. The van der Waals surface area contributed by atoms with Gasteiger partial charge in [0.1, 0.15) is 17.9 Å². The Morgan fingerprint density at radius 2 is 1.73 bits per heavy atom. The van der Waals surface area contributed by atoms with Crippen LogP contribution in [0.15, 0.2) is 43.5 Å². The molecule has 0 radical (unpaired) electrons. The minimum absolute atomic E-state index is 0.155. The molecule has 0 saturated carbocycles. The quantitative estimate of drug-likeness (QED) is 0.517. The molecule has 198 valence electrons. The number of aliphatic imine (C=N–C) groups is 2. The molecule has 0 fully saturated rings. The van der Waals surface area contributed by atoms with Crippen molar-refractivity contribution in [3.63, 3.8) is 0 Å². The molecule has 4 rings (SSSR count). The minimum atomic E-state index is -0.546. The number of ether oxygens (including phenoxy) is 3. The second kappa shape index (κ2) is 10.9. The van der Waals surface area contributed by atoms with Crippen LogP contribution in [0.5, 0.6) is 0 Å². The monoisotopic (exact) mass is 513 g/mol. The molecule has 3 aromatic rings. The summed E-state index contributed by atoms with van der Waals surface area (Å²) in [6, 6.07) is 5.67. The van der Waals surface area contributed by atoms with Gasteiger partial charge in [0.15, 0.2) is 5.58 Å². The predicted octanol–water partition coefficient (Wildman–Crippen LogP) is 3.62. The number of rotatable bonds is 7. The highest BCUT2D eigenvalue weighted by molar-refractivity contribution is 5.94. The van der Waals surface area contributed by atoms with Crippen molar-refractivity contribution in [2.24, 2.45) is 23.0 Å². The molecule has 9 nitrogen and oxygen atoms in total. The molecule has 0 bridgehead atoms. The fourth-order valence-corrected chi connectivity index (χ4v) is 4.65. The van der Waals surface area contributed by atoms with E-state index >= 15 is 4.39 Å². The van der Waals surface area contributed by atoms with Crippen LogP contribution in [0.4, 0.5) is 4.39 Å². The molecule has 1 aliphatic rings. The second-order valence-corrected chi connectivity index (χ2v) is 9.35. The van der Waals surface area contributed by atoms with Crippen molar-refractivity contribution in [1.82, 2.24) is 4.57 Å². The van der Waals surface area contributed by atoms with Gasteiger partial charge in [0, 0.05) is 20.6 Å². The van der Waals surface area contributed by atoms with Crippen molar-refractivity contribution in [3.05, 3.63) is 57.3 Å². The van der Waals surface area contributed by atoms with Crippen molar-refractivity contribution in [3.8, 4) is 11.1 Å². The standard InChI is InChI=1S/C27H32FN3O6/c1-14(2)24-26(36-6)29-21(25(30-24)35-5)8-15-7-17(13-34-4)18(10-20(15)28)19-11-22-23(9-16(19)12-32)37-27(33)31(22)3/h7,9-11,14,21,24,32H,8,12-13H2,1-6H3/t21-,24+/m0/s1. The summed E-state index contributed by atoms with van der Waals surface area (Å²) in [7, 11) is 6.23. The predicted molar refractivity (Wildman–Crippen MR) is 138 cm³/mol. The summed E-state index contributed by atoms with van der Waals surface area (Å²) >= 11 is 0. The van der Waals surface area contributed by atoms with Crippen molar-refractivity contribution < 1.29 is 28.1 Å². The van der Waals surface area contributed by atoms with Gasteiger partial charge < -0.3 is 23.7 Å². The molecular weight excluding hydrogens is 481 g/mol. The lowest BCUT2D eigenvalue weighted by atomic mass is 9.91. The number of aromatic nitrogens is 1. The molecule has 0 aliphatic carbocycles. The lowest BCUT2D eigenvalue weighted by Crippen LogP contribution is -2.38. The van der Waals surface area contributed by atoms with Crippen molar-refractivity contribution in [2.75, 3.05) is 21.3 Å². The van der Waals surface area contributed by atoms with Crippen LogP contribution in [0.3, 0.4) is 0 Å². The van der Waals surface area contributed by atoms with E-state index < -0.39 is 17.6 Å². The molecule has 10 heteroatoms. The van der Waals surface area contributed by atoms with Crippen LogP contribution in [-0.4, -0.2) is 54.9 Å². The van der Waals surface area contributed by atoms with Gasteiger partial charge >= 0.3 is 5.76 Å². The lowest BCUT2D eigenvalue weighted by Gasteiger charge is -2.27. The Morgan fingerprint density at radius 3 is 2.35 bits per heavy atom. The van der Waals surface area contributed by atoms with E-state index in [1.807, 2.05) is 13.8 Å². The van der Waals surface area contributed by atoms with Gasteiger partial charge in [-0.2, -0.15) is 0 Å². The summed E-state index contributed by atoms with van der Waals surface area (Å²) in [6.07, 6.45) is 0.204. The number of nitrogens with zero attached hydrogens (tertiary/aromatic N) is 3. The first kappa shape index (κ1) is 26.6. The highest BCUT2D eigenvalue weighted by atomic mass is 19.1. The van der Waals surface area contributed by atoms with Gasteiger partial charge in [0.05, 0.1) is 33.0 Å². The molecule has 1 N–H and O–H groups in total. The number of methoxy groups -OCH3 is 3. The Kier molecular flexibility index (Phi) is 7.79. The summed E-state index contributed by atoms with van der Waals surface area (Å²) < 4.78 is 38.7. The van der Waals surface area contributed by atoms with Gasteiger partial charge in [-0.25, -0.2) is 19.2 Å². The molecule has 0 unspecified atom stereocenters. The summed E-state index contributed by atoms with van der Waals surface area (Å²) in [6.45, 7) is 3.92. The zero-order valence-electron chi connectivity index (χ0n) is 21.9. The topological polar surface area (TPSA) is 108 Å². The number of benzene rings is 2. The first-order chi connectivity index (χ1) is 17.7. The normalized spacial score (nSPS) is 17.8. The average Bonchev–Trinajstić information content (AvgIpc) is 3.16. The number of halogens is 1. The third-order valence-corrected chi connectivity index (χ3v) is 6.60. The number of hydrogen-bond donors (Lipinski definition) is 1. The SMILES string of the molecule is COCc1cc(C[C@@H]2N=C(OC)[C@@H](C(C)C)N=C2OC)c(F)cc1-c1cc2c(cc1CO)oc(=O)n2C. The Balaban J connectivity index is 1.79. The van der Waals surface area contributed by atoms with E-state index in [1.165, 1.54) is 17.7 Å². The number of aryl methyl sites for hydroxylation is 1. The van der Waals surface area contributed by atoms with Crippen molar-refractivity contribution in [2.45, 2.75) is 45.6 Å². The highest BCUT2D eigenvalue weighted by Gasteiger charge is 2.31. The van der Waals surface area contributed by atoms with Crippen LogP contribution >= 0.6 is 0 Å². The lowest BCUT2D eigenvalue weighted by molar-refractivity contribution is 0.185. The largest absolute Gasteiger partial charge is 0.483 e. The Labute approximate surface area is 214 Å².